The maximum atomic E-state index is 10.7. The molecular formula is C19H18Br2N2O3. The zero-order chi connectivity index (χ0) is 19.1. The summed E-state index contributed by atoms with van der Waals surface area (Å²) in [5, 5.41) is 21.2. The van der Waals surface area contributed by atoms with Gasteiger partial charge in [0.05, 0.1) is 20.6 Å². The number of aryl methyl sites for hydroxylation is 1. The monoisotopic (exact) mass is 480 g/mol. The van der Waals surface area contributed by atoms with Crippen LogP contribution in [0.2, 0.25) is 0 Å². The van der Waals surface area contributed by atoms with Crippen molar-refractivity contribution in [2.24, 2.45) is 0 Å². The molecule has 2 aromatic carbocycles. The number of nitrogens with one attached hydrogen (secondary N) is 1. The third-order valence-electron chi connectivity index (χ3n) is 3.57. The van der Waals surface area contributed by atoms with Crippen molar-refractivity contribution < 1.29 is 14.6 Å². The Kier molecular flexibility index (Phi) is 7.49. The van der Waals surface area contributed by atoms with Crippen LogP contribution in [0.5, 0.6) is 5.75 Å². The Bertz CT molecular complexity index is 824. The number of halogens is 2. The fourth-order valence-corrected chi connectivity index (χ4v) is 3.96. The van der Waals surface area contributed by atoms with Crippen molar-refractivity contribution in [1.29, 1.82) is 5.26 Å². The van der Waals surface area contributed by atoms with Gasteiger partial charge in [-0.05, 0) is 86.7 Å². The molecule has 2 rings (SSSR count). The Morgan fingerprint density at radius 3 is 2.46 bits per heavy atom. The first-order valence-corrected chi connectivity index (χ1v) is 9.62. The molecule has 2 aromatic rings. The minimum Gasteiger partial charge on any atom is -0.487 e. The number of nitriles is 1. The molecule has 7 heteroatoms. The van der Waals surface area contributed by atoms with Crippen LogP contribution < -0.4 is 10.1 Å². The normalized spacial score (nSPS) is 10.2. The SMILES string of the molecule is CCNc1cc(C#N)cc(COc2c(Br)cc(CCC(=O)O)cc2Br)c1. The van der Waals surface area contributed by atoms with Crippen molar-refractivity contribution in [3.8, 4) is 11.8 Å². The van der Waals surface area contributed by atoms with Gasteiger partial charge in [-0.2, -0.15) is 5.26 Å². The van der Waals surface area contributed by atoms with Crippen LogP contribution in [0, 0.1) is 11.3 Å². The summed E-state index contributed by atoms with van der Waals surface area (Å²) >= 11 is 6.96. The van der Waals surface area contributed by atoms with Gasteiger partial charge < -0.3 is 15.2 Å². The molecule has 0 heterocycles. The van der Waals surface area contributed by atoms with Crippen molar-refractivity contribution in [1.82, 2.24) is 0 Å². The molecule has 0 aliphatic rings. The minimum absolute atomic E-state index is 0.0766. The van der Waals surface area contributed by atoms with E-state index < -0.39 is 5.97 Å². The van der Waals surface area contributed by atoms with Gasteiger partial charge in [0.15, 0.2) is 0 Å². The average molecular weight is 482 g/mol. The molecular weight excluding hydrogens is 464 g/mol. The number of hydrogen-bond acceptors (Lipinski definition) is 4. The molecule has 0 unspecified atom stereocenters. The second-order valence-corrected chi connectivity index (χ2v) is 7.34. The molecule has 26 heavy (non-hydrogen) atoms. The largest absolute Gasteiger partial charge is 0.487 e. The number of carboxylic acids is 1. The summed E-state index contributed by atoms with van der Waals surface area (Å²) in [5.74, 6) is -0.192. The third-order valence-corrected chi connectivity index (χ3v) is 4.75. The van der Waals surface area contributed by atoms with Gasteiger partial charge in [-0.1, -0.05) is 0 Å². The number of carbonyl (C=O) groups is 1. The fraction of sp³-hybridized carbons (Fsp3) is 0.263. The summed E-state index contributed by atoms with van der Waals surface area (Å²) in [7, 11) is 0. The Hall–Kier alpha value is -2.04. The van der Waals surface area contributed by atoms with Crippen LogP contribution in [-0.4, -0.2) is 17.6 Å². The number of nitrogens with zero attached hydrogens (tertiary/aromatic N) is 1. The van der Waals surface area contributed by atoms with Crippen LogP contribution >= 0.6 is 31.9 Å². The van der Waals surface area contributed by atoms with E-state index in [2.05, 4.69) is 43.2 Å². The highest BCUT2D eigenvalue weighted by molar-refractivity contribution is 9.11. The van der Waals surface area contributed by atoms with Gasteiger partial charge in [0.2, 0.25) is 0 Å². The molecule has 0 saturated heterocycles. The smallest absolute Gasteiger partial charge is 0.303 e. The first kappa shape index (κ1) is 20.3. The van der Waals surface area contributed by atoms with E-state index in [-0.39, 0.29) is 6.42 Å². The Labute approximate surface area is 169 Å². The number of ether oxygens (including phenoxy) is 1. The van der Waals surface area contributed by atoms with Crippen molar-refractivity contribution in [3.63, 3.8) is 0 Å². The van der Waals surface area contributed by atoms with Crippen molar-refractivity contribution in [2.45, 2.75) is 26.4 Å². The lowest BCUT2D eigenvalue weighted by atomic mass is 10.1. The average Bonchev–Trinajstić information content (AvgIpc) is 2.59. The standard InChI is InChI=1S/C19H18Br2N2O3/c1-2-23-15-6-13(10-22)5-14(7-15)11-26-19-16(20)8-12(9-17(19)21)3-4-18(24)25/h5-9,23H,2-4,11H2,1H3,(H,24,25). The number of benzene rings is 2. The van der Waals surface area contributed by atoms with Crippen molar-refractivity contribution >= 4 is 43.5 Å². The van der Waals surface area contributed by atoms with E-state index in [1.54, 1.807) is 12.1 Å². The number of anilines is 1. The van der Waals surface area contributed by atoms with E-state index in [0.29, 0.717) is 24.3 Å². The minimum atomic E-state index is -0.827. The Morgan fingerprint density at radius 2 is 1.88 bits per heavy atom. The lowest BCUT2D eigenvalue weighted by Gasteiger charge is -2.13. The van der Waals surface area contributed by atoms with Crippen molar-refractivity contribution in [2.75, 3.05) is 11.9 Å². The Morgan fingerprint density at radius 1 is 1.19 bits per heavy atom. The lowest BCUT2D eigenvalue weighted by Crippen LogP contribution is -2.02. The van der Waals surface area contributed by atoms with Gasteiger partial charge in [-0.15, -0.1) is 0 Å². The van der Waals surface area contributed by atoms with Gasteiger partial charge in [-0.25, -0.2) is 0 Å². The number of hydrogen-bond donors (Lipinski definition) is 2. The van der Waals surface area contributed by atoms with Gasteiger partial charge in [0.25, 0.3) is 0 Å². The number of aliphatic carboxylic acids is 1. The Balaban J connectivity index is 2.15. The zero-order valence-corrected chi connectivity index (χ0v) is 17.4. The summed E-state index contributed by atoms with van der Waals surface area (Å²) in [5.41, 5.74) is 3.24. The molecule has 0 aliphatic heterocycles. The van der Waals surface area contributed by atoms with Crippen LogP contribution in [-0.2, 0) is 17.8 Å². The summed E-state index contributed by atoms with van der Waals surface area (Å²) in [6.07, 6.45) is 0.524. The van der Waals surface area contributed by atoms with E-state index >= 15 is 0 Å². The lowest BCUT2D eigenvalue weighted by molar-refractivity contribution is -0.136. The number of carboxylic acid groups (broad SMARTS) is 1. The van der Waals surface area contributed by atoms with E-state index in [4.69, 9.17) is 9.84 Å². The predicted octanol–water partition coefficient (Wildman–Crippen LogP) is 5.11. The van der Waals surface area contributed by atoms with Gasteiger partial charge in [0.1, 0.15) is 12.4 Å². The second-order valence-electron chi connectivity index (χ2n) is 5.63. The van der Waals surface area contributed by atoms with E-state index in [9.17, 15) is 10.1 Å². The molecule has 0 atom stereocenters. The molecule has 0 aromatic heterocycles. The van der Waals surface area contributed by atoms with Crippen LogP contribution in [0.3, 0.4) is 0 Å². The molecule has 0 saturated carbocycles. The maximum absolute atomic E-state index is 10.7. The van der Waals surface area contributed by atoms with Crippen LogP contribution in [0.25, 0.3) is 0 Å². The summed E-state index contributed by atoms with van der Waals surface area (Å²) in [6.45, 7) is 3.07. The molecule has 0 fully saturated rings. The zero-order valence-electron chi connectivity index (χ0n) is 14.2. The molecule has 0 spiro atoms. The van der Waals surface area contributed by atoms with Gasteiger partial charge in [-0.3, -0.25) is 4.79 Å². The van der Waals surface area contributed by atoms with Gasteiger partial charge >= 0.3 is 5.97 Å². The highest BCUT2D eigenvalue weighted by atomic mass is 79.9. The predicted molar refractivity (Wildman–Crippen MR) is 107 cm³/mol. The molecule has 136 valence electrons. The quantitative estimate of drug-likeness (QED) is 0.547. The topological polar surface area (TPSA) is 82.3 Å². The summed E-state index contributed by atoms with van der Waals surface area (Å²) in [4.78, 5) is 10.7. The van der Waals surface area contributed by atoms with Crippen molar-refractivity contribution in [3.05, 3.63) is 56.0 Å². The first-order valence-electron chi connectivity index (χ1n) is 8.03. The van der Waals surface area contributed by atoms with Crippen LogP contribution in [0.15, 0.2) is 39.3 Å². The van der Waals surface area contributed by atoms with Crippen LogP contribution in [0.1, 0.15) is 30.0 Å². The fourth-order valence-electron chi connectivity index (χ4n) is 2.45. The molecule has 5 nitrogen and oxygen atoms in total. The molecule has 0 radical (unpaired) electrons. The van der Waals surface area contributed by atoms with E-state index in [0.717, 1.165) is 32.3 Å². The molecule has 0 amide bonds. The van der Waals surface area contributed by atoms with Gasteiger partial charge in [0, 0.05) is 18.7 Å². The molecule has 0 aliphatic carbocycles. The van der Waals surface area contributed by atoms with E-state index in [1.165, 1.54) is 0 Å². The van der Waals surface area contributed by atoms with Crippen LogP contribution in [0.4, 0.5) is 5.69 Å². The summed E-state index contributed by atoms with van der Waals surface area (Å²) < 4.78 is 7.41. The maximum Gasteiger partial charge on any atom is 0.303 e. The second kappa shape index (κ2) is 9.60. The van der Waals surface area contributed by atoms with E-state index in [1.807, 2.05) is 25.1 Å². The summed E-state index contributed by atoms with van der Waals surface area (Å²) in [6, 6.07) is 11.4. The first-order chi connectivity index (χ1) is 12.4. The molecule has 2 N–H and O–H groups in total. The molecule has 0 bridgehead atoms. The highest BCUT2D eigenvalue weighted by Gasteiger charge is 2.11. The third kappa shape index (κ3) is 5.75. The highest BCUT2D eigenvalue weighted by Crippen LogP contribution is 2.35. The number of rotatable bonds is 8.